The van der Waals surface area contributed by atoms with Crippen molar-refractivity contribution in [2.45, 2.75) is 0 Å². The van der Waals surface area contributed by atoms with E-state index < -0.39 is 0 Å². The third-order valence-corrected chi connectivity index (χ3v) is 3.60. The van der Waals surface area contributed by atoms with Gasteiger partial charge in [0.1, 0.15) is 0 Å². The average Bonchev–Trinajstić information content (AvgIpc) is 2.98. The van der Waals surface area contributed by atoms with Crippen LogP contribution in [0.4, 0.5) is 0 Å². The van der Waals surface area contributed by atoms with Crippen LogP contribution in [0.3, 0.4) is 0 Å². The van der Waals surface area contributed by atoms with Gasteiger partial charge >= 0.3 is 0 Å². The van der Waals surface area contributed by atoms with E-state index >= 15 is 0 Å². The Hall–Kier alpha value is -3.21. The second-order valence-electron chi connectivity index (χ2n) is 4.92. The summed E-state index contributed by atoms with van der Waals surface area (Å²) in [5.41, 5.74) is 3.18. The zero-order valence-corrected chi connectivity index (χ0v) is 11.6. The lowest BCUT2D eigenvalue weighted by Gasteiger charge is -2.02. The SMILES string of the molecule is O=c1[nH]cnc2c1c(-c1ccccc1)cn2-c1cccnc1. The van der Waals surface area contributed by atoms with Gasteiger partial charge in [0.25, 0.3) is 5.56 Å². The van der Waals surface area contributed by atoms with Crippen LogP contribution in [0.1, 0.15) is 0 Å². The fourth-order valence-electron chi connectivity index (χ4n) is 2.60. The van der Waals surface area contributed by atoms with E-state index in [1.807, 2.05) is 53.2 Å². The quantitative estimate of drug-likeness (QED) is 0.617. The Kier molecular flexibility index (Phi) is 2.83. The van der Waals surface area contributed by atoms with Crippen molar-refractivity contribution >= 4 is 11.0 Å². The maximum Gasteiger partial charge on any atom is 0.260 e. The zero-order chi connectivity index (χ0) is 14.9. The van der Waals surface area contributed by atoms with Gasteiger partial charge in [0.2, 0.25) is 0 Å². The molecule has 1 N–H and O–H groups in total. The predicted molar refractivity (Wildman–Crippen MR) is 84.9 cm³/mol. The third-order valence-electron chi connectivity index (χ3n) is 3.60. The van der Waals surface area contributed by atoms with E-state index in [2.05, 4.69) is 15.0 Å². The minimum atomic E-state index is -0.147. The van der Waals surface area contributed by atoms with Gasteiger partial charge in [0, 0.05) is 18.0 Å². The summed E-state index contributed by atoms with van der Waals surface area (Å²) in [4.78, 5) is 23.4. The number of aromatic amines is 1. The lowest BCUT2D eigenvalue weighted by Crippen LogP contribution is -2.07. The van der Waals surface area contributed by atoms with Crippen molar-refractivity contribution in [1.82, 2.24) is 19.5 Å². The van der Waals surface area contributed by atoms with Gasteiger partial charge in [-0.1, -0.05) is 30.3 Å². The van der Waals surface area contributed by atoms with Crippen LogP contribution in [0.25, 0.3) is 27.8 Å². The van der Waals surface area contributed by atoms with Crippen molar-refractivity contribution in [3.8, 4) is 16.8 Å². The Morgan fingerprint density at radius 3 is 2.68 bits per heavy atom. The minimum absolute atomic E-state index is 0.147. The van der Waals surface area contributed by atoms with Crippen molar-refractivity contribution in [2.24, 2.45) is 0 Å². The van der Waals surface area contributed by atoms with Crippen molar-refractivity contribution < 1.29 is 0 Å². The average molecular weight is 288 g/mol. The van der Waals surface area contributed by atoms with E-state index in [9.17, 15) is 4.79 Å². The lowest BCUT2D eigenvalue weighted by atomic mass is 10.1. The molecule has 0 atom stereocenters. The molecule has 1 aromatic carbocycles. The molecule has 22 heavy (non-hydrogen) atoms. The van der Waals surface area contributed by atoms with Gasteiger partial charge in [-0.3, -0.25) is 14.3 Å². The fourth-order valence-corrected chi connectivity index (χ4v) is 2.60. The lowest BCUT2D eigenvalue weighted by molar-refractivity contribution is 1.05. The molecule has 0 aliphatic carbocycles. The van der Waals surface area contributed by atoms with Crippen LogP contribution in [0.2, 0.25) is 0 Å². The Morgan fingerprint density at radius 1 is 1.05 bits per heavy atom. The third kappa shape index (κ3) is 1.91. The molecule has 0 aliphatic rings. The summed E-state index contributed by atoms with van der Waals surface area (Å²) in [5, 5.41) is 0.581. The number of nitrogens with zero attached hydrogens (tertiary/aromatic N) is 3. The fraction of sp³-hybridized carbons (Fsp3) is 0. The molecule has 4 aromatic rings. The summed E-state index contributed by atoms with van der Waals surface area (Å²) in [6, 6.07) is 13.6. The number of nitrogens with one attached hydrogen (secondary N) is 1. The summed E-state index contributed by atoms with van der Waals surface area (Å²) in [7, 11) is 0. The van der Waals surface area contributed by atoms with Crippen LogP contribution >= 0.6 is 0 Å². The highest BCUT2D eigenvalue weighted by Crippen LogP contribution is 2.28. The Labute approximate surface area is 125 Å². The number of benzene rings is 1. The molecule has 0 saturated heterocycles. The van der Waals surface area contributed by atoms with Gasteiger partial charge in [-0.05, 0) is 17.7 Å². The molecule has 4 rings (SSSR count). The molecule has 0 amide bonds. The largest absolute Gasteiger partial charge is 0.312 e. The van der Waals surface area contributed by atoms with Crippen molar-refractivity contribution in [1.29, 1.82) is 0 Å². The summed E-state index contributed by atoms with van der Waals surface area (Å²) < 4.78 is 1.89. The van der Waals surface area contributed by atoms with E-state index in [0.717, 1.165) is 16.8 Å². The standard InChI is InChI=1S/C17H12N4O/c22-17-15-14(12-5-2-1-3-6-12)10-21(16(15)19-11-20-17)13-7-4-8-18-9-13/h1-11H,(H,19,20,22). The number of aromatic nitrogens is 4. The molecule has 0 radical (unpaired) electrons. The van der Waals surface area contributed by atoms with E-state index in [0.29, 0.717) is 11.0 Å². The topological polar surface area (TPSA) is 63.6 Å². The summed E-state index contributed by atoms with van der Waals surface area (Å²) >= 11 is 0. The number of pyridine rings is 1. The molecule has 0 spiro atoms. The molecular weight excluding hydrogens is 276 g/mol. The number of hydrogen-bond acceptors (Lipinski definition) is 3. The smallest absolute Gasteiger partial charge is 0.260 e. The second-order valence-corrected chi connectivity index (χ2v) is 4.92. The van der Waals surface area contributed by atoms with Crippen molar-refractivity contribution in [3.63, 3.8) is 0 Å². The van der Waals surface area contributed by atoms with Gasteiger partial charge < -0.3 is 4.98 Å². The van der Waals surface area contributed by atoms with Crippen LogP contribution in [0, 0.1) is 0 Å². The molecule has 0 fully saturated rings. The monoisotopic (exact) mass is 288 g/mol. The van der Waals surface area contributed by atoms with E-state index in [1.165, 1.54) is 6.33 Å². The molecule has 0 aliphatic heterocycles. The first-order valence-electron chi connectivity index (χ1n) is 6.89. The van der Waals surface area contributed by atoms with Gasteiger partial charge in [-0.25, -0.2) is 4.98 Å². The Morgan fingerprint density at radius 2 is 1.91 bits per heavy atom. The number of rotatable bonds is 2. The van der Waals surface area contributed by atoms with E-state index in [4.69, 9.17) is 0 Å². The highest BCUT2D eigenvalue weighted by molar-refractivity contribution is 5.94. The molecule has 3 aromatic heterocycles. The Balaban J connectivity index is 2.09. The molecule has 3 heterocycles. The predicted octanol–water partition coefficient (Wildman–Crippen LogP) is 2.78. The minimum Gasteiger partial charge on any atom is -0.312 e. The van der Waals surface area contributed by atoms with Crippen LogP contribution in [-0.2, 0) is 0 Å². The number of hydrogen-bond donors (Lipinski definition) is 1. The molecule has 5 nitrogen and oxygen atoms in total. The van der Waals surface area contributed by atoms with E-state index in [-0.39, 0.29) is 5.56 Å². The summed E-state index contributed by atoms with van der Waals surface area (Å²) in [5.74, 6) is 0. The Bertz CT molecular complexity index is 988. The normalized spacial score (nSPS) is 10.9. The van der Waals surface area contributed by atoms with Gasteiger partial charge in [-0.2, -0.15) is 0 Å². The molecule has 0 saturated carbocycles. The van der Waals surface area contributed by atoms with Gasteiger partial charge in [-0.15, -0.1) is 0 Å². The second kappa shape index (κ2) is 4.96. The zero-order valence-electron chi connectivity index (χ0n) is 11.6. The number of fused-ring (bicyclic) bond motifs is 1. The maximum absolute atomic E-state index is 12.3. The highest BCUT2D eigenvalue weighted by Gasteiger charge is 2.15. The molecular formula is C17H12N4O. The molecule has 0 bridgehead atoms. The molecule has 106 valence electrons. The first kappa shape index (κ1) is 12.5. The molecule has 5 heteroatoms. The van der Waals surface area contributed by atoms with Crippen molar-refractivity contribution in [2.75, 3.05) is 0 Å². The van der Waals surface area contributed by atoms with Gasteiger partial charge in [0.15, 0.2) is 5.65 Å². The highest BCUT2D eigenvalue weighted by atomic mass is 16.1. The van der Waals surface area contributed by atoms with Crippen LogP contribution < -0.4 is 5.56 Å². The maximum atomic E-state index is 12.3. The van der Waals surface area contributed by atoms with E-state index in [1.54, 1.807) is 12.4 Å². The summed E-state index contributed by atoms with van der Waals surface area (Å²) in [6.45, 7) is 0. The van der Waals surface area contributed by atoms with Crippen LogP contribution in [0.15, 0.2) is 72.2 Å². The number of H-pyrrole nitrogens is 1. The van der Waals surface area contributed by atoms with Crippen LogP contribution in [0.5, 0.6) is 0 Å². The van der Waals surface area contributed by atoms with Crippen molar-refractivity contribution in [3.05, 3.63) is 77.7 Å². The van der Waals surface area contributed by atoms with Gasteiger partial charge in [0.05, 0.1) is 23.6 Å². The first-order valence-corrected chi connectivity index (χ1v) is 6.89. The van der Waals surface area contributed by atoms with Crippen LogP contribution in [-0.4, -0.2) is 19.5 Å². The molecule has 0 unspecified atom stereocenters. The summed E-state index contributed by atoms with van der Waals surface area (Å²) in [6.07, 6.45) is 6.82. The first-order chi connectivity index (χ1) is 10.8.